The van der Waals surface area contributed by atoms with Crippen molar-refractivity contribution in [2.75, 3.05) is 6.54 Å². The maximum absolute atomic E-state index is 12.8. The highest BCUT2D eigenvalue weighted by Crippen LogP contribution is 2.35. The SMILES string of the molecule is CCC1CCC(CN)C(S(=O)c2ccc(C)cc2)C1. The zero-order valence-corrected chi connectivity index (χ0v) is 12.8. The average Bonchev–Trinajstić information content (AvgIpc) is 2.46. The molecule has 0 bridgehead atoms. The zero-order valence-electron chi connectivity index (χ0n) is 12.0. The topological polar surface area (TPSA) is 43.1 Å². The molecule has 1 aromatic carbocycles. The van der Waals surface area contributed by atoms with Crippen molar-refractivity contribution in [3.8, 4) is 0 Å². The number of hydrogen-bond donors (Lipinski definition) is 1. The predicted octanol–water partition coefficient (Wildman–Crippen LogP) is 3.26. The van der Waals surface area contributed by atoms with Gasteiger partial charge in [0.1, 0.15) is 0 Å². The van der Waals surface area contributed by atoms with E-state index in [0.29, 0.717) is 12.5 Å². The molecule has 2 rings (SSSR count). The van der Waals surface area contributed by atoms with Crippen LogP contribution in [0, 0.1) is 18.8 Å². The van der Waals surface area contributed by atoms with Crippen molar-refractivity contribution in [1.29, 1.82) is 0 Å². The van der Waals surface area contributed by atoms with Crippen LogP contribution in [-0.4, -0.2) is 16.0 Å². The zero-order chi connectivity index (χ0) is 13.8. The summed E-state index contributed by atoms with van der Waals surface area (Å²) in [6.07, 6.45) is 4.65. The highest BCUT2D eigenvalue weighted by molar-refractivity contribution is 7.85. The van der Waals surface area contributed by atoms with Gasteiger partial charge in [0.2, 0.25) is 0 Å². The van der Waals surface area contributed by atoms with E-state index in [-0.39, 0.29) is 5.25 Å². The Labute approximate surface area is 119 Å². The number of aryl methyl sites for hydroxylation is 1. The normalized spacial score (nSPS) is 29.1. The molecule has 1 aliphatic rings. The summed E-state index contributed by atoms with van der Waals surface area (Å²) < 4.78 is 12.8. The maximum Gasteiger partial charge on any atom is 0.0564 e. The largest absolute Gasteiger partial charge is 0.330 e. The van der Waals surface area contributed by atoms with Crippen molar-refractivity contribution in [3.05, 3.63) is 29.8 Å². The molecular formula is C16H25NOS. The van der Waals surface area contributed by atoms with Crippen LogP contribution < -0.4 is 5.73 Å². The minimum atomic E-state index is -0.910. The molecule has 0 aliphatic heterocycles. The first-order valence-corrected chi connectivity index (χ1v) is 8.54. The van der Waals surface area contributed by atoms with E-state index in [2.05, 4.69) is 13.8 Å². The molecule has 19 heavy (non-hydrogen) atoms. The first-order valence-electron chi connectivity index (χ1n) is 7.33. The lowest BCUT2D eigenvalue weighted by atomic mass is 9.80. The molecule has 0 heterocycles. The molecule has 3 heteroatoms. The Balaban J connectivity index is 2.16. The third kappa shape index (κ3) is 3.46. The highest BCUT2D eigenvalue weighted by atomic mass is 32.2. The molecule has 1 aromatic rings. The average molecular weight is 279 g/mol. The molecule has 1 aliphatic carbocycles. The fraction of sp³-hybridized carbons (Fsp3) is 0.625. The maximum atomic E-state index is 12.8. The first kappa shape index (κ1) is 14.7. The van der Waals surface area contributed by atoms with Crippen LogP contribution in [0.3, 0.4) is 0 Å². The van der Waals surface area contributed by atoms with Gasteiger partial charge in [-0.1, -0.05) is 37.5 Å². The Kier molecular flexibility index (Phi) is 5.17. The molecule has 106 valence electrons. The minimum Gasteiger partial charge on any atom is -0.330 e. The third-order valence-corrected chi connectivity index (χ3v) is 6.31. The molecule has 0 amide bonds. The van der Waals surface area contributed by atoms with Crippen molar-refractivity contribution < 1.29 is 4.21 Å². The number of benzene rings is 1. The van der Waals surface area contributed by atoms with E-state index in [1.807, 2.05) is 24.3 Å². The number of nitrogens with two attached hydrogens (primary N) is 1. The monoisotopic (exact) mass is 279 g/mol. The molecule has 1 saturated carbocycles. The first-order chi connectivity index (χ1) is 9.15. The van der Waals surface area contributed by atoms with Crippen molar-refractivity contribution in [2.45, 2.75) is 49.7 Å². The molecule has 0 aromatic heterocycles. The molecule has 4 unspecified atom stereocenters. The van der Waals surface area contributed by atoms with E-state index in [4.69, 9.17) is 5.73 Å². The summed E-state index contributed by atoms with van der Waals surface area (Å²) in [5.74, 6) is 1.15. The molecule has 0 saturated heterocycles. The van der Waals surface area contributed by atoms with Gasteiger partial charge in [-0.05, 0) is 50.3 Å². The molecule has 0 radical (unpaired) electrons. The summed E-state index contributed by atoms with van der Waals surface area (Å²) in [7, 11) is -0.910. The summed E-state index contributed by atoms with van der Waals surface area (Å²) >= 11 is 0. The van der Waals surface area contributed by atoms with Crippen LogP contribution in [0.4, 0.5) is 0 Å². The Morgan fingerprint density at radius 2 is 1.95 bits per heavy atom. The van der Waals surface area contributed by atoms with E-state index >= 15 is 0 Å². The van der Waals surface area contributed by atoms with Crippen LogP contribution in [0.5, 0.6) is 0 Å². The van der Waals surface area contributed by atoms with Crippen molar-refractivity contribution >= 4 is 10.8 Å². The van der Waals surface area contributed by atoms with Crippen molar-refractivity contribution in [2.24, 2.45) is 17.6 Å². The lowest BCUT2D eigenvalue weighted by molar-refractivity contribution is 0.280. The van der Waals surface area contributed by atoms with E-state index in [0.717, 1.165) is 23.7 Å². The summed E-state index contributed by atoms with van der Waals surface area (Å²) in [4.78, 5) is 0.964. The van der Waals surface area contributed by atoms with Crippen LogP contribution >= 0.6 is 0 Å². The van der Waals surface area contributed by atoms with Gasteiger partial charge in [-0.25, -0.2) is 0 Å². The second-order valence-electron chi connectivity index (χ2n) is 5.73. The smallest absolute Gasteiger partial charge is 0.0564 e. The van der Waals surface area contributed by atoms with Gasteiger partial charge in [0, 0.05) is 10.1 Å². The Hall–Kier alpha value is -0.670. The predicted molar refractivity (Wildman–Crippen MR) is 81.6 cm³/mol. The minimum absolute atomic E-state index is 0.242. The molecule has 4 atom stereocenters. The summed E-state index contributed by atoms with van der Waals surface area (Å²) in [6.45, 7) is 4.96. The quantitative estimate of drug-likeness (QED) is 0.919. The van der Waals surface area contributed by atoms with Gasteiger partial charge in [0.25, 0.3) is 0 Å². The Bertz CT molecular complexity index is 429. The van der Waals surface area contributed by atoms with Crippen LogP contribution in [0.1, 0.15) is 38.2 Å². The second kappa shape index (κ2) is 6.67. The van der Waals surface area contributed by atoms with Gasteiger partial charge in [-0.2, -0.15) is 0 Å². The molecule has 2 N–H and O–H groups in total. The lowest BCUT2D eigenvalue weighted by Gasteiger charge is -2.34. The molecule has 1 fully saturated rings. The van der Waals surface area contributed by atoms with Crippen LogP contribution in [-0.2, 0) is 10.8 Å². The fourth-order valence-corrected chi connectivity index (χ4v) is 4.82. The summed E-state index contributed by atoms with van der Waals surface area (Å²) in [5, 5.41) is 0.242. The summed E-state index contributed by atoms with van der Waals surface area (Å²) in [5.41, 5.74) is 7.10. The van der Waals surface area contributed by atoms with E-state index in [1.54, 1.807) is 0 Å². The lowest BCUT2D eigenvalue weighted by Crippen LogP contribution is -2.37. The Morgan fingerprint density at radius 1 is 1.26 bits per heavy atom. The Morgan fingerprint density at radius 3 is 2.53 bits per heavy atom. The summed E-state index contributed by atoms with van der Waals surface area (Å²) in [6, 6.07) is 8.11. The molecular weight excluding hydrogens is 254 g/mol. The van der Waals surface area contributed by atoms with Crippen molar-refractivity contribution in [3.63, 3.8) is 0 Å². The highest BCUT2D eigenvalue weighted by Gasteiger charge is 2.33. The van der Waals surface area contributed by atoms with Crippen LogP contribution in [0.15, 0.2) is 29.2 Å². The van der Waals surface area contributed by atoms with E-state index in [1.165, 1.54) is 18.4 Å². The van der Waals surface area contributed by atoms with Gasteiger partial charge in [0.05, 0.1) is 10.8 Å². The number of rotatable bonds is 4. The van der Waals surface area contributed by atoms with E-state index in [9.17, 15) is 4.21 Å². The van der Waals surface area contributed by atoms with Crippen LogP contribution in [0.25, 0.3) is 0 Å². The van der Waals surface area contributed by atoms with E-state index < -0.39 is 10.8 Å². The van der Waals surface area contributed by atoms with Gasteiger partial charge in [0.15, 0.2) is 0 Å². The van der Waals surface area contributed by atoms with Crippen molar-refractivity contribution in [1.82, 2.24) is 0 Å². The number of hydrogen-bond acceptors (Lipinski definition) is 2. The fourth-order valence-electron chi connectivity index (χ4n) is 3.02. The van der Waals surface area contributed by atoms with Gasteiger partial charge >= 0.3 is 0 Å². The molecule has 0 spiro atoms. The van der Waals surface area contributed by atoms with Gasteiger partial charge in [-0.3, -0.25) is 4.21 Å². The molecule has 2 nitrogen and oxygen atoms in total. The standard InChI is InChI=1S/C16H25NOS/c1-3-13-6-7-14(11-17)16(10-13)19(18)15-8-4-12(2)5-9-15/h4-5,8-9,13-14,16H,3,6-7,10-11,17H2,1-2H3. The van der Waals surface area contributed by atoms with Gasteiger partial charge in [-0.15, -0.1) is 0 Å². The van der Waals surface area contributed by atoms with Gasteiger partial charge < -0.3 is 5.73 Å². The van der Waals surface area contributed by atoms with Crippen LogP contribution in [0.2, 0.25) is 0 Å². The third-order valence-electron chi connectivity index (χ3n) is 4.45. The second-order valence-corrected chi connectivity index (χ2v) is 7.40.